The highest BCUT2D eigenvalue weighted by Gasteiger charge is 2.21. The van der Waals surface area contributed by atoms with Gasteiger partial charge in [-0.1, -0.05) is 17.8 Å². The standard InChI is InChI=1S/C22H29N3O5S/c1-13-16(14(2)24-22(23-13)31-6)8-10-20(26)25-17(12-21(27)30-5)15-7-9-18(28-3)19(11-15)29-4/h7,9,11,17H,8,10,12H2,1-6H3,(H,25,26). The van der Waals surface area contributed by atoms with Gasteiger partial charge in [-0.05, 0) is 49.8 Å². The number of hydrogen-bond donors (Lipinski definition) is 1. The third kappa shape index (κ3) is 6.58. The van der Waals surface area contributed by atoms with E-state index in [1.807, 2.05) is 20.1 Å². The quantitative estimate of drug-likeness (QED) is 0.337. The van der Waals surface area contributed by atoms with E-state index < -0.39 is 12.0 Å². The molecule has 0 saturated carbocycles. The largest absolute Gasteiger partial charge is 0.493 e. The van der Waals surface area contributed by atoms with Gasteiger partial charge in [0.2, 0.25) is 5.91 Å². The SMILES string of the molecule is COC(=O)CC(NC(=O)CCc1c(C)nc(SC)nc1C)c1ccc(OC)c(OC)c1. The molecule has 1 N–H and O–H groups in total. The molecule has 168 valence electrons. The Morgan fingerprint density at radius 2 is 1.71 bits per heavy atom. The summed E-state index contributed by atoms with van der Waals surface area (Å²) in [5.74, 6) is 0.472. The Kier molecular flexibility index (Phi) is 9.11. The highest BCUT2D eigenvalue weighted by Crippen LogP contribution is 2.31. The van der Waals surface area contributed by atoms with Crippen LogP contribution in [-0.2, 0) is 20.7 Å². The van der Waals surface area contributed by atoms with Crippen LogP contribution in [0.4, 0.5) is 0 Å². The first-order valence-corrected chi connectivity index (χ1v) is 11.0. The van der Waals surface area contributed by atoms with Crippen molar-refractivity contribution >= 4 is 23.6 Å². The van der Waals surface area contributed by atoms with Crippen LogP contribution >= 0.6 is 11.8 Å². The number of esters is 1. The number of hydrogen-bond acceptors (Lipinski definition) is 8. The van der Waals surface area contributed by atoms with Gasteiger partial charge in [-0.3, -0.25) is 9.59 Å². The topological polar surface area (TPSA) is 99.6 Å². The number of aryl methyl sites for hydroxylation is 2. The van der Waals surface area contributed by atoms with E-state index in [0.717, 1.165) is 27.7 Å². The smallest absolute Gasteiger partial charge is 0.307 e. The first-order valence-electron chi connectivity index (χ1n) is 9.79. The van der Waals surface area contributed by atoms with Crippen molar-refractivity contribution in [3.63, 3.8) is 0 Å². The first kappa shape index (κ1) is 24.5. The summed E-state index contributed by atoms with van der Waals surface area (Å²) in [4.78, 5) is 33.6. The number of amides is 1. The van der Waals surface area contributed by atoms with Crippen LogP contribution < -0.4 is 14.8 Å². The molecule has 0 saturated heterocycles. The number of ether oxygens (including phenoxy) is 3. The molecule has 2 aromatic rings. The van der Waals surface area contributed by atoms with E-state index in [2.05, 4.69) is 15.3 Å². The van der Waals surface area contributed by atoms with Crippen LogP contribution in [0.2, 0.25) is 0 Å². The van der Waals surface area contributed by atoms with Crippen LogP contribution in [-0.4, -0.2) is 49.4 Å². The molecule has 0 bridgehead atoms. The zero-order valence-electron chi connectivity index (χ0n) is 18.8. The van der Waals surface area contributed by atoms with Crippen LogP contribution in [0.15, 0.2) is 23.4 Å². The summed E-state index contributed by atoms with van der Waals surface area (Å²) in [6, 6.07) is 4.72. The second-order valence-corrected chi connectivity index (χ2v) is 7.65. The van der Waals surface area contributed by atoms with E-state index in [0.29, 0.717) is 17.9 Å². The molecule has 1 aromatic heterocycles. The predicted molar refractivity (Wildman–Crippen MR) is 119 cm³/mol. The zero-order valence-corrected chi connectivity index (χ0v) is 19.6. The van der Waals surface area contributed by atoms with E-state index in [9.17, 15) is 9.59 Å². The Hall–Kier alpha value is -2.81. The van der Waals surface area contributed by atoms with Gasteiger partial charge in [-0.25, -0.2) is 9.97 Å². The van der Waals surface area contributed by atoms with Gasteiger partial charge in [0.1, 0.15) is 0 Å². The molecule has 1 atom stereocenters. The van der Waals surface area contributed by atoms with Crippen LogP contribution in [0.1, 0.15) is 41.4 Å². The number of nitrogens with zero attached hydrogens (tertiary/aromatic N) is 2. The van der Waals surface area contributed by atoms with Crippen molar-refractivity contribution in [1.29, 1.82) is 0 Å². The lowest BCUT2D eigenvalue weighted by atomic mass is 10.0. The maximum Gasteiger partial charge on any atom is 0.307 e. The molecule has 1 heterocycles. The van der Waals surface area contributed by atoms with Gasteiger partial charge >= 0.3 is 5.97 Å². The van der Waals surface area contributed by atoms with E-state index in [1.165, 1.54) is 26.0 Å². The molecule has 8 nitrogen and oxygen atoms in total. The number of rotatable bonds is 10. The molecule has 1 unspecified atom stereocenters. The van der Waals surface area contributed by atoms with Crippen molar-refractivity contribution in [3.8, 4) is 11.5 Å². The van der Waals surface area contributed by atoms with Crippen molar-refractivity contribution in [2.45, 2.75) is 44.3 Å². The highest BCUT2D eigenvalue weighted by molar-refractivity contribution is 7.98. The number of methoxy groups -OCH3 is 3. The average Bonchev–Trinajstić information content (AvgIpc) is 2.77. The van der Waals surface area contributed by atoms with Crippen molar-refractivity contribution in [2.24, 2.45) is 0 Å². The molecule has 1 aromatic carbocycles. The third-order valence-electron chi connectivity index (χ3n) is 4.93. The van der Waals surface area contributed by atoms with Gasteiger partial charge in [0.15, 0.2) is 16.7 Å². The monoisotopic (exact) mass is 447 g/mol. The van der Waals surface area contributed by atoms with Crippen molar-refractivity contribution in [3.05, 3.63) is 40.7 Å². The van der Waals surface area contributed by atoms with Gasteiger partial charge in [0, 0.05) is 17.8 Å². The number of benzene rings is 1. The molecule has 2 rings (SSSR count). The van der Waals surface area contributed by atoms with Crippen molar-refractivity contribution in [1.82, 2.24) is 15.3 Å². The molecule has 0 radical (unpaired) electrons. The normalized spacial score (nSPS) is 11.5. The van der Waals surface area contributed by atoms with Gasteiger partial charge in [-0.15, -0.1) is 0 Å². The van der Waals surface area contributed by atoms with Gasteiger partial charge in [0.25, 0.3) is 0 Å². The van der Waals surface area contributed by atoms with Gasteiger partial charge in [0.05, 0.1) is 33.8 Å². The summed E-state index contributed by atoms with van der Waals surface area (Å²) >= 11 is 1.49. The summed E-state index contributed by atoms with van der Waals surface area (Å²) in [7, 11) is 4.40. The third-order valence-corrected chi connectivity index (χ3v) is 5.48. The molecule has 0 fully saturated rings. The second kappa shape index (κ2) is 11.5. The Balaban J connectivity index is 2.16. The molecule has 0 aliphatic rings. The Bertz CT molecular complexity index is 912. The lowest BCUT2D eigenvalue weighted by Crippen LogP contribution is -2.30. The minimum Gasteiger partial charge on any atom is -0.493 e. The maximum absolute atomic E-state index is 12.7. The molecule has 9 heteroatoms. The number of carbonyl (C=O) groups excluding carboxylic acids is 2. The fourth-order valence-electron chi connectivity index (χ4n) is 3.24. The fraction of sp³-hybridized carbons (Fsp3) is 0.455. The number of carbonyl (C=O) groups is 2. The van der Waals surface area contributed by atoms with E-state index >= 15 is 0 Å². The minimum absolute atomic E-state index is 0.00130. The number of thioether (sulfide) groups is 1. The summed E-state index contributed by atoms with van der Waals surface area (Å²) in [6.07, 6.45) is 2.68. The fourth-order valence-corrected chi connectivity index (χ4v) is 3.70. The Morgan fingerprint density at radius 3 is 2.26 bits per heavy atom. The van der Waals surface area contributed by atoms with E-state index in [1.54, 1.807) is 25.3 Å². The van der Waals surface area contributed by atoms with Crippen LogP contribution in [0.5, 0.6) is 11.5 Å². The molecule has 31 heavy (non-hydrogen) atoms. The minimum atomic E-state index is -0.558. The highest BCUT2D eigenvalue weighted by atomic mass is 32.2. The molecular formula is C22H29N3O5S. The number of nitrogens with one attached hydrogen (secondary N) is 1. The van der Waals surface area contributed by atoms with Crippen molar-refractivity contribution in [2.75, 3.05) is 27.6 Å². The van der Waals surface area contributed by atoms with Crippen LogP contribution in [0.25, 0.3) is 0 Å². The summed E-state index contributed by atoms with van der Waals surface area (Å²) in [5, 5.41) is 3.66. The summed E-state index contributed by atoms with van der Waals surface area (Å²) < 4.78 is 15.4. The Morgan fingerprint density at radius 1 is 1.06 bits per heavy atom. The second-order valence-electron chi connectivity index (χ2n) is 6.87. The van der Waals surface area contributed by atoms with Gasteiger partial charge < -0.3 is 19.5 Å². The summed E-state index contributed by atoms with van der Waals surface area (Å²) in [5.41, 5.74) is 3.42. The molecule has 0 spiro atoms. The van der Waals surface area contributed by atoms with Crippen LogP contribution in [0.3, 0.4) is 0 Å². The van der Waals surface area contributed by atoms with Gasteiger partial charge in [-0.2, -0.15) is 0 Å². The van der Waals surface area contributed by atoms with E-state index in [-0.39, 0.29) is 18.7 Å². The lowest BCUT2D eigenvalue weighted by Gasteiger charge is -2.20. The zero-order chi connectivity index (χ0) is 23.0. The predicted octanol–water partition coefficient (Wildman–Crippen LogP) is 3.19. The average molecular weight is 448 g/mol. The first-order chi connectivity index (χ1) is 14.8. The van der Waals surface area contributed by atoms with Crippen molar-refractivity contribution < 1.29 is 23.8 Å². The Labute approximate surface area is 187 Å². The molecule has 1 amide bonds. The molecular weight excluding hydrogens is 418 g/mol. The van der Waals surface area contributed by atoms with Crippen LogP contribution in [0, 0.1) is 13.8 Å². The molecule has 0 aliphatic heterocycles. The number of aromatic nitrogens is 2. The lowest BCUT2D eigenvalue weighted by molar-refractivity contribution is -0.141. The maximum atomic E-state index is 12.7. The van der Waals surface area contributed by atoms with E-state index in [4.69, 9.17) is 14.2 Å². The molecule has 0 aliphatic carbocycles. The summed E-state index contributed by atoms with van der Waals surface area (Å²) in [6.45, 7) is 3.84.